The van der Waals surface area contributed by atoms with Gasteiger partial charge in [-0.25, -0.2) is 4.39 Å². The molecule has 4 rings (SSSR count). The molecule has 1 N–H and O–H groups in total. The summed E-state index contributed by atoms with van der Waals surface area (Å²) in [5.74, 6) is 0.130. The van der Waals surface area contributed by atoms with Gasteiger partial charge >= 0.3 is 0 Å². The van der Waals surface area contributed by atoms with Gasteiger partial charge < -0.3 is 9.47 Å². The summed E-state index contributed by atoms with van der Waals surface area (Å²) in [5.41, 5.74) is 1.58. The zero-order valence-corrected chi connectivity index (χ0v) is 16.2. The number of halogens is 1. The molecule has 0 aliphatic carbocycles. The maximum Gasteiger partial charge on any atom is 0.282 e. The van der Waals surface area contributed by atoms with Crippen molar-refractivity contribution in [1.82, 2.24) is 18.8 Å². The molecule has 10 heteroatoms. The Kier molecular flexibility index (Phi) is 5.63. The summed E-state index contributed by atoms with van der Waals surface area (Å²) in [6.07, 6.45) is 0.721. The van der Waals surface area contributed by atoms with Crippen molar-refractivity contribution in [3.8, 4) is 5.75 Å². The summed E-state index contributed by atoms with van der Waals surface area (Å²) in [7, 11) is -3.46. The lowest BCUT2D eigenvalue weighted by molar-refractivity contribution is 0.0705. The standard InChI is InChI=1S/C18H23FN4O4S/c19-15-2-1-3-17(10-15)27-13-16-11-18(21-20-16)14-4-5-23(12-14)28(24,25)22-6-8-26-9-7-22/h1-3,10-11,14H,4-9,12-13H2,(H,20,21)/t14-/m0/s1. The molecule has 1 aromatic heterocycles. The Bertz CT molecular complexity index is 914. The summed E-state index contributed by atoms with van der Waals surface area (Å²) in [4.78, 5) is 0. The molecule has 0 spiro atoms. The number of aromatic nitrogens is 2. The zero-order chi connectivity index (χ0) is 19.6. The van der Waals surface area contributed by atoms with Gasteiger partial charge in [0.05, 0.1) is 24.6 Å². The van der Waals surface area contributed by atoms with Gasteiger partial charge in [-0.3, -0.25) is 5.10 Å². The molecular formula is C18H23FN4O4S. The van der Waals surface area contributed by atoms with Crippen molar-refractivity contribution in [1.29, 1.82) is 0 Å². The molecule has 28 heavy (non-hydrogen) atoms. The Balaban J connectivity index is 1.35. The number of nitrogens with one attached hydrogen (secondary N) is 1. The van der Waals surface area contributed by atoms with Crippen LogP contribution in [0.1, 0.15) is 23.7 Å². The Morgan fingerprint density at radius 1 is 1.21 bits per heavy atom. The molecule has 152 valence electrons. The maximum absolute atomic E-state index is 13.2. The number of H-pyrrole nitrogens is 1. The van der Waals surface area contributed by atoms with E-state index in [1.165, 1.54) is 20.7 Å². The summed E-state index contributed by atoms with van der Waals surface area (Å²) < 4.78 is 52.6. The molecular weight excluding hydrogens is 387 g/mol. The third-order valence-electron chi connectivity index (χ3n) is 5.03. The molecule has 2 aliphatic heterocycles. The molecule has 0 amide bonds. The Hall–Kier alpha value is -2.01. The van der Waals surface area contributed by atoms with Crippen molar-refractivity contribution in [2.45, 2.75) is 18.9 Å². The number of rotatable bonds is 6. The van der Waals surface area contributed by atoms with Crippen LogP contribution in [0, 0.1) is 5.82 Å². The van der Waals surface area contributed by atoms with Gasteiger partial charge in [-0.2, -0.15) is 22.1 Å². The topological polar surface area (TPSA) is 87.8 Å². The highest BCUT2D eigenvalue weighted by Crippen LogP contribution is 2.29. The lowest BCUT2D eigenvalue weighted by Gasteiger charge is -2.30. The second-order valence-corrected chi connectivity index (χ2v) is 8.86. The van der Waals surface area contributed by atoms with E-state index in [-0.39, 0.29) is 18.3 Å². The smallest absolute Gasteiger partial charge is 0.282 e. The number of hydrogen-bond donors (Lipinski definition) is 1. The van der Waals surface area contributed by atoms with Gasteiger partial charge in [0, 0.05) is 38.2 Å². The molecule has 0 bridgehead atoms. The minimum absolute atomic E-state index is 0.0370. The Morgan fingerprint density at radius 3 is 2.82 bits per heavy atom. The van der Waals surface area contributed by atoms with Gasteiger partial charge in [0.2, 0.25) is 0 Å². The summed E-state index contributed by atoms with van der Waals surface area (Å²) in [5, 5.41) is 7.24. The SMILES string of the molecule is O=S(=O)(N1CCOCC1)N1CC[C@H](c2cc(COc3cccc(F)c3)[nH]n2)C1. The largest absolute Gasteiger partial charge is 0.487 e. The van der Waals surface area contributed by atoms with Crippen LogP contribution < -0.4 is 4.74 Å². The number of nitrogens with zero attached hydrogens (tertiary/aromatic N) is 3. The van der Waals surface area contributed by atoms with Crippen molar-refractivity contribution >= 4 is 10.2 Å². The molecule has 0 radical (unpaired) electrons. The first-order valence-corrected chi connectivity index (χ1v) is 10.7. The highest BCUT2D eigenvalue weighted by molar-refractivity contribution is 7.86. The van der Waals surface area contributed by atoms with Crippen molar-refractivity contribution in [2.75, 3.05) is 39.4 Å². The van der Waals surface area contributed by atoms with E-state index in [1.807, 2.05) is 6.07 Å². The monoisotopic (exact) mass is 410 g/mol. The number of hydrogen-bond acceptors (Lipinski definition) is 5. The van der Waals surface area contributed by atoms with Gasteiger partial charge in [0.25, 0.3) is 10.2 Å². The highest BCUT2D eigenvalue weighted by Gasteiger charge is 2.37. The van der Waals surface area contributed by atoms with Crippen LogP contribution in [0.4, 0.5) is 4.39 Å². The Morgan fingerprint density at radius 2 is 2.04 bits per heavy atom. The third-order valence-corrected chi connectivity index (χ3v) is 7.03. The molecule has 2 aromatic rings. The van der Waals surface area contributed by atoms with Crippen molar-refractivity contribution in [3.05, 3.63) is 47.5 Å². The van der Waals surface area contributed by atoms with Crippen LogP contribution in [0.3, 0.4) is 0 Å². The molecule has 2 saturated heterocycles. The second kappa shape index (κ2) is 8.16. The van der Waals surface area contributed by atoms with E-state index in [0.29, 0.717) is 45.1 Å². The summed E-state index contributed by atoms with van der Waals surface area (Å²) in [6, 6.07) is 7.84. The van der Waals surface area contributed by atoms with Crippen LogP contribution in [0.2, 0.25) is 0 Å². The predicted molar refractivity (Wildman–Crippen MR) is 99.6 cm³/mol. The number of ether oxygens (including phenoxy) is 2. The van der Waals surface area contributed by atoms with Gasteiger partial charge in [-0.1, -0.05) is 6.07 Å². The van der Waals surface area contributed by atoms with Crippen LogP contribution in [0.5, 0.6) is 5.75 Å². The lowest BCUT2D eigenvalue weighted by Crippen LogP contribution is -2.47. The molecule has 2 aliphatic rings. The first-order valence-electron chi connectivity index (χ1n) is 9.28. The molecule has 2 fully saturated rings. The van der Waals surface area contributed by atoms with E-state index >= 15 is 0 Å². The fourth-order valence-corrected chi connectivity index (χ4v) is 5.14. The fraction of sp³-hybridized carbons (Fsp3) is 0.500. The summed E-state index contributed by atoms with van der Waals surface area (Å²) in [6.45, 7) is 2.79. The van der Waals surface area contributed by atoms with Crippen molar-refractivity contribution < 1.29 is 22.3 Å². The normalized spacial score (nSPS) is 21.8. The van der Waals surface area contributed by atoms with Crippen molar-refractivity contribution in [3.63, 3.8) is 0 Å². The number of benzene rings is 1. The summed E-state index contributed by atoms with van der Waals surface area (Å²) >= 11 is 0. The molecule has 1 atom stereocenters. The van der Waals surface area contributed by atoms with E-state index in [2.05, 4.69) is 10.2 Å². The minimum atomic E-state index is -3.46. The van der Waals surface area contributed by atoms with E-state index in [9.17, 15) is 12.8 Å². The first-order chi connectivity index (χ1) is 13.5. The van der Waals surface area contributed by atoms with Crippen molar-refractivity contribution in [2.24, 2.45) is 0 Å². The van der Waals surface area contributed by atoms with Gasteiger partial charge in [0.1, 0.15) is 18.2 Å². The van der Waals surface area contributed by atoms with Crippen LogP contribution >= 0.6 is 0 Å². The van der Waals surface area contributed by atoms with Crippen LogP contribution in [0.15, 0.2) is 30.3 Å². The molecule has 1 aromatic carbocycles. The van der Waals surface area contributed by atoms with Gasteiger partial charge in [-0.15, -0.1) is 0 Å². The lowest BCUT2D eigenvalue weighted by atomic mass is 10.1. The van der Waals surface area contributed by atoms with Crippen LogP contribution in [-0.4, -0.2) is 66.6 Å². The third kappa shape index (κ3) is 4.19. The minimum Gasteiger partial charge on any atom is -0.487 e. The Labute approximate surface area is 163 Å². The van der Waals surface area contributed by atoms with E-state index in [1.54, 1.807) is 12.1 Å². The highest BCUT2D eigenvalue weighted by atomic mass is 32.2. The van der Waals surface area contributed by atoms with E-state index < -0.39 is 10.2 Å². The van der Waals surface area contributed by atoms with Crippen LogP contribution in [-0.2, 0) is 21.6 Å². The van der Waals surface area contributed by atoms with E-state index in [0.717, 1.165) is 17.8 Å². The van der Waals surface area contributed by atoms with Crippen LogP contribution in [0.25, 0.3) is 0 Å². The predicted octanol–water partition coefficient (Wildman–Crippen LogP) is 1.49. The molecule has 8 nitrogen and oxygen atoms in total. The van der Waals surface area contributed by atoms with Gasteiger partial charge in [-0.05, 0) is 24.6 Å². The van der Waals surface area contributed by atoms with Gasteiger partial charge in [0.15, 0.2) is 0 Å². The maximum atomic E-state index is 13.2. The molecule has 0 unspecified atom stereocenters. The fourth-order valence-electron chi connectivity index (χ4n) is 3.50. The average molecular weight is 410 g/mol. The average Bonchev–Trinajstić information content (AvgIpc) is 3.37. The first kappa shape index (κ1) is 19.3. The molecule has 0 saturated carbocycles. The zero-order valence-electron chi connectivity index (χ0n) is 15.4. The second-order valence-electron chi connectivity index (χ2n) is 6.93. The number of morpholine rings is 1. The molecule has 3 heterocycles. The number of aromatic amines is 1. The van der Waals surface area contributed by atoms with E-state index in [4.69, 9.17) is 9.47 Å². The quantitative estimate of drug-likeness (QED) is 0.780.